The number of hydrogen-bond acceptors (Lipinski definition) is 3. The van der Waals surface area contributed by atoms with E-state index in [0.29, 0.717) is 18.9 Å². The van der Waals surface area contributed by atoms with E-state index in [1.54, 1.807) is 4.90 Å². The minimum Gasteiger partial charge on any atom is -0.391 e. The molecule has 1 rings (SSSR count). The molecule has 3 N–H and O–H groups in total. The van der Waals surface area contributed by atoms with Gasteiger partial charge in [-0.05, 0) is 18.8 Å². The molecule has 0 bridgehead atoms. The number of nitrogens with two attached hydrogens (primary N) is 1. The highest BCUT2D eigenvalue weighted by Crippen LogP contribution is 2.16. The second-order valence-corrected chi connectivity index (χ2v) is 4.25. The third-order valence-corrected chi connectivity index (χ3v) is 2.71. The van der Waals surface area contributed by atoms with E-state index in [-0.39, 0.29) is 12.0 Å². The third-order valence-electron chi connectivity index (χ3n) is 2.71. The second-order valence-electron chi connectivity index (χ2n) is 4.25. The number of piperidine rings is 1. The van der Waals surface area contributed by atoms with Crippen molar-refractivity contribution < 1.29 is 9.90 Å². The largest absolute Gasteiger partial charge is 0.391 e. The van der Waals surface area contributed by atoms with Crippen LogP contribution in [0.3, 0.4) is 0 Å². The molecule has 1 amide bonds. The lowest BCUT2D eigenvalue weighted by atomic mass is 9.97. The second kappa shape index (κ2) is 4.75. The van der Waals surface area contributed by atoms with Crippen LogP contribution in [0.1, 0.15) is 26.7 Å². The molecule has 4 heteroatoms. The van der Waals surface area contributed by atoms with E-state index in [2.05, 4.69) is 0 Å². The molecule has 1 fully saturated rings. The van der Waals surface area contributed by atoms with Gasteiger partial charge in [-0.25, -0.2) is 0 Å². The van der Waals surface area contributed by atoms with Crippen LogP contribution in [0.25, 0.3) is 0 Å². The Bertz CT molecular complexity index is 198. The Labute approximate surface area is 85.1 Å². The fourth-order valence-corrected chi connectivity index (χ4v) is 1.91. The SMILES string of the molecule is CC[C@@H](N)C(=O)N1CC(C)CC(O)C1. The molecule has 0 spiro atoms. The van der Waals surface area contributed by atoms with Crippen molar-refractivity contribution in [3.05, 3.63) is 0 Å². The summed E-state index contributed by atoms with van der Waals surface area (Å²) in [7, 11) is 0. The van der Waals surface area contributed by atoms with Crippen LogP contribution < -0.4 is 5.73 Å². The summed E-state index contributed by atoms with van der Waals surface area (Å²) in [5, 5.41) is 9.52. The zero-order valence-electron chi connectivity index (χ0n) is 8.94. The Morgan fingerprint density at radius 1 is 1.64 bits per heavy atom. The number of nitrogens with zero attached hydrogens (tertiary/aromatic N) is 1. The van der Waals surface area contributed by atoms with Gasteiger partial charge in [0.25, 0.3) is 0 Å². The van der Waals surface area contributed by atoms with Crippen molar-refractivity contribution >= 4 is 5.91 Å². The average Bonchev–Trinajstić information content (AvgIpc) is 2.14. The molecule has 4 nitrogen and oxygen atoms in total. The number of carbonyl (C=O) groups is 1. The Morgan fingerprint density at radius 3 is 2.79 bits per heavy atom. The van der Waals surface area contributed by atoms with Crippen molar-refractivity contribution in [3.8, 4) is 0 Å². The number of hydrogen-bond donors (Lipinski definition) is 2. The minimum absolute atomic E-state index is 0.0295. The molecule has 82 valence electrons. The van der Waals surface area contributed by atoms with Gasteiger partial charge in [-0.15, -0.1) is 0 Å². The first-order chi connectivity index (χ1) is 6.54. The fraction of sp³-hybridized carbons (Fsp3) is 0.900. The van der Waals surface area contributed by atoms with Crippen LogP contribution in [-0.2, 0) is 4.79 Å². The average molecular weight is 200 g/mol. The first-order valence-electron chi connectivity index (χ1n) is 5.27. The number of aliphatic hydroxyl groups is 1. The van der Waals surface area contributed by atoms with Crippen molar-refractivity contribution in [2.24, 2.45) is 11.7 Å². The molecule has 0 saturated carbocycles. The van der Waals surface area contributed by atoms with Gasteiger partial charge in [0.15, 0.2) is 0 Å². The number of β-amino-alcohol motifs (C(OH)–C–C–N with tert-alkyl or cyclic N) is 1. The first-order valence-corrected chi connectivity index (χ1v) is 5.27. The van der Waals surface area contributed by atoms with Gasteiger partial charge in [0.05, 0.1) is 12.1 Å². The van der Waals surface area contributed by atoms with Crippen LogP contribution in [0.4, 0.5) is 0 Å². The molecule has 3 atom stereocenters. The summed E-state index contributed by atoms with van der Waals surface area (Å²) in [5.74, 6) is 0.338. The van der Waals surface area contributed by atoms with Gasteiger partial charge < -0.3 is 15.7 Å². The summed E-state index contributed by atoms with van der Waals surface area (Å²) in [6.07, 6.45) is 1.05. The van der Waals surface area contributed by atoms with Crippen LogP contribution in [0.15, 0.2) is 0 Å². The van der Waals surface area contributed by atoms with E-state index in [1.165, 1.54) is 0 Å². The van der Waals surface area contributed by atoms with E-state index in [1.807, 2.05) is 13.8 Å². The molecule has 1 heterocycles. The molecule has 0 aromatic carbocycles. The van der Waals surface area contributed by atoms with Gasteiger partial charge in [0.2, 0.25) is 5.91 Å². The lowest BCUT2D eigenvalue weighted by molar-refractivity contribution is -0.136. The number of amides is 1. The molecule has 1 aliphatic heterocycles. The molecule has 0 aromatic rings. The first kappa shape index (κ1) is 11.5. The summed E-state index contributed by atoms with van der Waals surface area (Å²) in [6, 6.07) is -0.410. The zero-order chi connectivity index (χ0) is 10.7. The minimum atomic E-state index is -0.410. The zero-order valence-corrected chi connectivity index (χ0v) is 8.94. The van der Waals surface area contributed by atoms with Gasteiger partial charge in [0.1, 0.15) is 0 Å². The topological polar surface area (TPSA) is 66.6 Å². The molecule has 0 radical (unpaired) electrons. The number of rotatable bonds is 2. The normalized spacial score (nSPS) is 30.1. The van der Waals surface area contributed by atoms with E-state index < -0.39 is 6.04 Å². The maximum absolute atomic E-state index is 11.7. The van der Waals surface area contributed by atoms with Crippen molar-refractivity contribution in [2.45, 2.75) is 38.8 Å². The summed E-state index contributed by atoms with van der Waals surface area (Å²) >= 11 is 0. The van der Waals surface area contributed by atoms with Crippen molar-refractivity contribution in [2.75, 3.05) is 13.1 Å². The van der Waals surface area contributed by atoms with Crippen LogP contribution >= 0.6 is 0 Å². The standard InChI is InChI=1S/C10H20N2O2/c1-3-9(11)10(14)12-5-7(2)4-8(13)6-12/h7-9,13H,3-6,11H2,1-2H3/t7?,8?,9-/m1/s1. The Balaban J connectivity index is 2.54. The molecule has 2 unspecified atom stereocenters. The van der Waals surface area contributed by atoms with E-state index >= 15 is 0 Å². The smallest absolute Gasteiger partial charge is 0.239 e. The van der Waals surface area contributed by atoms with Crippen LogP contribution in [0.2, 0.25) is 0 Å². The van der Waals surface area contributed by atoms with Gasteiger partial charge in [-0.1, -0.05) is 13.8 Å². The van der Waals surface area contributed by atoms with E-state index in [4.69, 9.17) is 5.73 Å². The third kappa shape index (κ3) is 2.69. The lowest BCUT2D eigenvalue weighted by Crippen LogP contribution is -2.51. The summed E-state index contributed by atoms with van der Waals surface area (Å²) in [6.45, 7) is 5.10. The Kier molecular flexibility index (Phi) is 3.89. The highest BCUT2D eigenvalue weighted by molar-refractivity contribution is 5.81. The lowest BCUT2D eigenvalue weighted by Gasteiger charge is -2.35. The van der Waals surface area contributed by atoms with Crippen molar-refractivity contribution in [1.82, 2.24) is 4.90 Å². The monoisotopic (exact) mass is 200 g/mol. The molecule has 1 aliphatic rings. The summed E-state index contributed by atoms with van der Waals surface area (Å²) in [5.41, 5.74) is 5.67. The highest BCUT2D eigenvalue weighted by atomic mass is 16.3. The van der Waals surface area contributed by atoms with Crippen LogP contribution in [0, 0.1) is 5.92 Å². The Hall–Kier alpha value is -0.610. The predicted molar refractivity (Wildman–Crippen MR) is 54.6 cm³/mol. The van der Waals surface area contributed by atoms with Crippen molar-refractivity contribution in [3.63, 3.8) is 0 Å². The van der Waals surface area contributed by atoms with Gasteiger partial charge in [0, 0.05) is 13.1 Å². The Morgan fingerprint density at radius 2 is 2.29 bits per heavy atom. The summed E-state index contributed by atoms with van der Waals surface area (Å²) < 4.78 is 0. The predicted octanol–water partition coefficient (Wildman–Crippen LogP) is -0.0470. The maximum atomic E-state index is 11.7. The molecule has 1 saturated heterocycles. The van der Waals surface area contributed by atoms with E-state index in [9.17, 15) is 9.90 Å². The summed E-state index contributed by atoms with van der Waals surface area (Å²) in [4.78, 5) is 13.4. The molecular weight excluding hydrogens is 180 g/mol. The van der Waals surface area contributed by atoms with Crippen LogP contribution in [-0.4, -0.2) is 41.1 Å². The number of carbonyl (C=O) groups excluding carboxylic acids is 1. The fourth-order valence-electron chi connectivity index (χ4n) is 1.91. The molecule has 0 aliphatic carbocycles. The number of likely N-dealkylation sites (tertiary alicyclic amines) is 1. The molecular formula is C10H20N2O2. The van der Waals surface area contributed by atoms with E-state index in [0.717, 1.165) is 13.0 Å². The molecule has 0 aromatic heterocycles. The van der Waals surface area contributed by atoms with Crippen molar-refractivity contribution in [1.29, 1.82) is 0 Å². The van der Waals surface area contributed by atoms with Gasteiger partial charge in [-0.3, -0.25) is 4.79 Å². The van der Waals surface area contributed by atoms with Crippen LogP contribution in [0.5, 0.6) is 0 Å². The van der Waals surface area contributed by atoms with Gasteiger partial charge in [-0.2, -0.15) is 0 Å². The maximum Gasteiger partial charge on any atom is 0.239 e. The molecule has 14 heavy (non-hydrogen) atoms. The quantitative estimate of drug-likeness (QED) is 0.657. The van der Waals surface area contributed by atoms with Gasteiger partial charge >= 0.3 is 0 Å². The highest BCUT2D eigenvalue weighted by Gasteiger charge is 2.28. The number of aliphatic hydroxyl groups excluding tert-OH is 1.